The maximum Gasteiger partial charge on any atom is 0.263 e. The molecule has 2 aromatic carbocycles. The number of nitrogen functional groups attached to an aromatic ring is 1. The Balaban J connectivity index is 2.06. The Labute approximate surface area is 121 Å². The molecule has 0 atom stereocenters. The van der Waals surface area contributed by atoms with E-state index in [4.69, 9.17) is 22.1 Å². The van der Waals surface area contributed by atoms with Crippen LogP contribution in [0.5, 0.6) is 11.6 Å². The number of anilines is 1. The minimum absolute atomic E-state index is 0.253. The third-order valence-corrected chi connectivity index (χ3v) is 3.16. The summed E-state index contributed by atoms with van der Waals surface area (Å²) < 4.78 is 5.75. The van der Waals surface area contributed by atoms with E-state index in [0.717, 1.165) is 16.6 Å². The summed E-state index contributed by atoms with van der Waals surface area (Å²) in [5.41, 5.74) is 8.31. The van der Waals surface area contributed by atoms with Gasteiger partial charge in [0.25, 0.3) is 5.88 Å². The van der Waals surface area contributed by atoms with Crippen LogP contribution in [0.25, 0.3) is 11.0 Å². The number of hydrogen-bond acceptors (Lipinski definition) is 4. The highest BCUT2D eigenvalue weighted by atomic mass is 35.5. The first-order valence-corrected chi connectivity index (χ1v) is 6.47. The van der Waals surface area contributed by atoms with Gasteiger partial charge in [-0.05, 0) is 36.8 Å². The molecule has 0 aliphatic heterocycles. The molecule has 0 bridgehead atoms. The van der Waals surface area contributed by atoms with E-state index in [2.05, 4.69) is 9.97 Å². The summed E-state index contributed by atoms with van der Waals surface area (Å²) in [6.07, 6.45) is 0. The monoisotopic (exact) mass is 285 g/mol. The molecule has 5 heteroatoms. The fraction of sp³-hybridized carbons (Fsp3) is 0.0667. The molecular formula is C15H12ClN3O. The molecule has 0 aliphatic carbocycles. The van der Waals surface area contributed by atoms with Crippen molar-refractivity contribution >= 4 is 28.5 Å². The van der Waals surface area contributed by atoms with Crippen molar-refractivity contribution in [3.63, 3.8) is 0 Å². The molecule has 0 spiro atoms. The van der Waals surface area contributed by atoms with E-state index in [1.807, 2.05) is 37.3 Å². The van der Waals surface area contributed by atoms with Gasteiger partial charge in [-0.15, -0.1) is 0 Å². The van der Waals surface area contributed by atoms with Crippen LogP contribution in [0.4, 0.5) is 5.82 Å². The third kappa shape index (κ3) is 2.38. The topological polar surface area (TPSA) is 61.0 Å². The standard InChI is InChI=1S/C15H12ClN3O/c1-9-6-7-10(16)8-13(9)20-15-14(17)18-11-4-2-3-5-12(11)19-15/h2-8H,1H3,(H2,17,18). The first-order valence-electron chi connectivity index (χ1n) is 6.10. The quantitative estimate of drug-likeness (QED) is 0.774. The number of ether oxygens (including phenoxy) is 1. The van der Waals surface area contributed by atoms with Crippen molar-refractivity contribution in [2.24, 2.45) is 0 Å². The van der Waals surface area contributed by atoms with Crippen molar-refractivity contribution in [1.29, 1.82) is 0 Å². The molecule has 0 aliphatic rings. The van der Waals surface area contributed by atoms with Crippen LogP contribution >= 0.6 is 11.6 Å². The predicted octanol–water partition coefficient (Wildman–Crippen LogP) is 3.97. The van der Waals surface area contributed by atoms with Gasteiger partial charge in [-0.3, -0.25) is 0 Å². The van der Waals surface area contributed by atoms with Gasteiger partial charge in [-0.1, -0.05) is 29.8 Å². The zero-order chi connectivity index (χ0) is 14.1. The van der Waals surface area contributed by atoms with Crippen LogP contribution in [0.1, 0.15) is 5.56 Å². The molecule has 100 valence electrons. The van der Waals surface area contributed by atoms with Crippen LogP contribution in [0, 0.1) is 6.92 Å². The normalized spacial score (nSPS) is 10.7. The third-order valence-electron chi connectivity index (χ3n) is 2.92. The van der Waals surface area contributed by atoms with Crippen LogP contribution in [0.3, 0.4) is 0 Å². The minimum Gasteiger partial charge on any atom is -0.436 e. The molecule has 0 radical (unpaired) electrons. The molecule has 3 rings (SSSR count). The molecular weight excluding hydrogens is 274 g/mol. The number of rotatable bonds is 2. The van der Waals surface area contributed by atoms with Gasteiger partial charge in [0.1, 0.15) is 5.75 Å². The van der Waals surface area contributed by atoms with E-state index < -0.39 is 0 Å². The summed E-state index contributed by atoms with van der Waals surface area (Å²) in [6.45, 7) is 1.93. The van der Waals surface area contributed by atoms with E-state index in [0.29, 0.717) is 10.8 Å². The summed E-state index contributed by atoms with van der Waals surface area (Å²) >= 11 is 5.97. The molecule has 3 aromatic rings. The number of halogens is 1. The molecule has 0 amide bonds. The van der Waals surface area contributed by atoms with Gasteiger partial charge in [-0.2, -0.15) is 0 Å². The van der Waals surface area contributed by atoms with Crippen LogP contribution in [0.15, 0.2) is 42.5 Å². The molecule has 0 fully saturated rings. The Morgan fingerprint density at radius 3 is 2.50 bits per heavy atom. The van der Waals surface area contributed by atoms with Crippen LogP contribution < -0.4 is 10.5 Å². The second kappa shape index (κ2) is 4.98. The van der Waals surface area contributed by atoms with E-state index in [-0.39, 0.29) is 11.7 Å². The van der Waals surface area contributed by atoms with E-state index in [1.54, 1.807) is 12.1 Å². The van der Waals surface area contributed by atoms with E-state index >= 15 is 0 Å². The Bertz CT molecular complexity index is 789. The Morgan fingerprint density at radius 1 is 1.05 bits per heavy atom. The second-order valence-corrected chi connectivity index (χ2v) is 4.85. The molecule has 2 N–H and O–H groups in total. The Hall–Kier alpha value is -2.33. The summed E-state index contributed by atoms with van der Waals surface area (Å²) in [5.74, 6) is 1.16. The highest BCUT2D eigenvalue weighted by Gasteiger charge is 2.10. The average Bonchev–Trinajstić information content (AvgIpc) is 2.43. The van der Waals surface area contributed by atoms with Gasteiger partial charge < -0.3 is 10.5 Å². The molecule has 1 aromatic heterocycles. The molecule has 1 heterocycles. The maximum atomic E-state index is 5.97. The van der Waals surface area contributed by atoms with Crippen molar-refractivity contribution in [3.8, 4) is 11.6 Å². The van der Waals surface area contributed by atoms with Crippen molar-refractivity contribution in [2.75, 3.05) is 5.73 Å². The van der Waals surface area contributed by atoms with Gasteiger partial charge in [0.2, 0.25) is 0 Å². The van der Waals surface area contributed by atoms with E-state index in [9.17, 15) is 0 Å². The number of fused-ring (bicyclic) bond motifs is 1. The first-order chi connectivity index (χ1) is 9.63. The van der Waals surface area contributed by atoms with Gasteiger partial charge in [-0.25, -0.2) is 9.97 Å². The predicted molar refractivity (Wildman–Crippen MR) is 80.2 cm³/mol. The number of nitrogens with two attached hydrogens (primary N) is 1. The molecule has 4 nitrogen and oxygen atoms in total. The van der Waals surface area contributed by atoms with Gasteiger partial charge in [0, 0.05) is 5.02 Å². The largest absolute Gasteiger partial charge is 0.436 e. The van der Waals surface area contributed by atoms with Gasteiger partial charge >= 0.3 is 0 Å². The SMILES string of the molecule is Cc1ccc(Cl)cc1Oc1nc2ccccc2nc1N. The lowest BCUT2D eigenvalue weighted by atomic mass is 10.2. The zero-order valence-electron chi connectivity index (χ0n) is 10.8. The van der Waals surface area contributed by atoms with Crippen LogP contribution in [-0.2, 0) is 0 Å². The highest BCUT2D eigenvalue weighted by molar-refractivity contribution is 6.30. The molecule has 20 heavy (non-hydrogen) atoms. The number of aryl methyl sites for hydroxylation is 1. The lowest BCUT2D eigenvalue weighted by molar-refractivity contribution is 0.462. The molecule has 0 unspecified atom stereocenters. The van der Waals surface area contributed by atoms with Crippen LogP contribution in [0.2, 0.25) is 5.02 Å². The number of hydrogen-bond donors (Lipinski definition) is 1. The van der Waals surface area contributed by atoms with E-state index in [1.165, 1.54) is 0 Å². The zero-order valence-corrected chi connectivity index (χ0v) is 11.6. The van der Waals surface area contributed by atoms with Crippen molar-refractivity contribution in [2.45, 2.75) is 6.92 Å². The lowest BCUT2D eigenvalue weighted by Crippen LogP contribution is -1.99. The van der Waals surface area contributed by atoms with Crippen molar-refractivity contribution in [3.05, 3.63) is 53.1 Å². The fourth-order valence-corrected chi connectivity index (χ4v) is 2.02. The maximum absolute atomic E-state index is 5.97. The average molecular weight is 286 g/mol. The number of benzene rings is 2. The lowest BCUT2D eigenvalue weighted by Gasteiger charge is -2.10. The summed E-state index contributed by atoms with van der Waals surface area (Å²) in [5, 5.41) is 0.595. The fourth-order valence-electron chi connectivity index (χ4n) is 1.86. The molecule has 0 saturated heterocycles. The Morgan fingerprint density at radius 2 is 1.75 bits per heavy atom. The van der Waals surface area contributed by atoms with Crippen molar-refractivity contribution in [1.82, 2.24) is 9.97 Å². The number of aromatic nitrogens is 2. The van der Waals surface area contributed by atoms with Crippen molar-refractivity contribution < 1.29 is 4.74 Å². The molecule has 0 saturated carbocycles. The minimum atomic E-state index is 0.253. The van der Waals surface area contributed by atoms with Gasteiger partial charge in [0.15, 0.2) is 5.82 Å². The summed E-state index contributed by atoms with van der Waals surface area (Å²) in [4.78, 5) is 8.67. The summed E-state index contributed by atoms with van der Waals surface area (Å²) in [6, 6.07) is 12.9. The Kier molecular flexibility index (Phi) is 3.16. The smallest absolute Gasteiger partial charge is 0.263 e. The first kappa shape index (κ1) is 12.7. The number of para-hydroxylation sites is 2. The highest BCUT2D eigenvalue weighted by Crippen LogP contribution is 2.30. The summed E-state index contributed by atoms with van der Waals surface area (Å²) in [7, 11) is 0. The number of nitrogens with zero attached hydrogens (tertiary/aromatic N) is 2. The second-order valence-electron chi connectivity index (χ2n) is 4.41. The van der Waals surface area contributed by atoms with Gasteiger partial charge in [0.05, 0.1) is 11.0 Å². The van der Waals surface area contributed by atoms with Crippen LogP contribution in [-0.4, -0.2) is 9.97 Å².